The Kier molecular flexibility index (Phi) is 2.57. The number of benzene rings is 2. The van der Waals surface area contributed by atoms with Gasteiger partial charge in [-0.05, 0) is 24.3 Å². The highest BCUT2D eigenvalue weighted by Crippen LogP contribution is 2.26. The van der Waals surface area contributed by atoms with Gasteiger partial charge in [-0.2, -0.15) is 4.73 Å². The van der Waals surface area contributed by atoms with Gasteiger partial charge in [-0.3, -0.25) is 0 Å². The summed E-state index contributed by atoms with van der Waals surface area (Å²) >= 11 is 0. The Hall–Kier alpha value is -2.27. The standard InChI is InChI=1S/C14H11NO3S/c16-15-13-9-5-4-6-11(13)10-14(15)19(17,18)12-7-2-1-3-8-12/h1-10,16H. The molecule has 1 N–H and O–H groups in total. The van der Waals surface area contributed by atoms with E-state index < -0.39 is 9.84 Å². The maximum atomic E-state index is 12.4. The number of sulfone groups is 1. The lowest BCUT2D eigenvalue weighted by Gasteiger charge is -2.04. The van der Waals surface area contributed by atoms with E-state index in [2.05, 4.69) is 0 Å². The van der Waals surface area contributed by atoms with E-state index in [9.17, 15) is 13.6 Å². The van der Waals surface area contributed by atoms with Gasteiger partial charge in [0, 0.05) is 5.39 Å². The van der Waals surface area contributed by atoms with Gasteiger partial charge in [0.2, 0.25) is 9.84 Å². The average Bonchev–Trinajstić information content (AvgIpc) is 2.78. The molecule has 5 heteroatoms. The first-order valence-electron chi connectivity index (χ1n) is 5.70. The van der Waals surface area contributed by atoms with Crippen LogP contribution < -0.4 is 0 Å². The molecule has 3 rings (SSSR count). The molecule has 0 radical (unpaired) electrons. The van der Waals surface area contributed by atoms with Crippen LogP contribution in [0.2, 0.25) is 0 Å². The monoisotopic (exact) mass is 273 g/mol. The first kappa shape index (κ1) is 11.8. The van der Waals surface area contributed by atoms with Gasteiger partial charge in [0.05, 0.1) is 10.4 Å². The number of para-hydroxylation sites is 1. The zero-order chi connectivity index (χ0) is 13.5. The zero-order valence-corrected chi connectivity index (χ0v) is 10.7. The summed E-state index contributed by atoms with van der Waals surface area (Å²) in [4.78, 5) is 0.160. The van der Waals surface area contributed by atoms with Crippen LogP contribution in [-0.4, -0.2) is 18.4 Å². The van der Waals surface area contributed by atoms with Crippen LogP contribution in [-0.2, 0) is 9.84 Å². The van der Waals surface area contributed by atoms with Crippen LogP contribution in [0.1, 0.15) is 0 Å². The zero-order valence-electron chi connectivity index (χ0n) is 9.89. The fourth-order valence-electron chi connectivity index (χ4n) is 2.03. The van der Waals surface area contributed by atoms with Crippen LogP contribution in [0.3, 0.4) is 0 Å². The molecule has 0 unspecified atom stereocenters. The molecule has 0 saturated carbocycles. The smallest absolute Gasteiger partial charge is 0.225 e. The molecule has 2 aromatic carbocycles. The molecule has 4 nitrogen and oxygen atoms in total. The minimum Gasteiger partial charge on any atom is -0.427 e. The van der Waals surface area contributed by atoms with Crippen molar-refractivity contribution in [1.29, 1.82) is 0 Å². The number of hydrogen-bond acceptors (Lipinski definition) is 3. The van der Waals surface area contributed by atoms with Crippen molar-refractivity contribution in [2.24, 2.45) is 0 Å². The van der Waals surface area contributed by atoms with Crippen molar-refractivity contribution in [3.63, 3.8) is 0 Å². The quantitative estimate of drug-likeness (QED) is 0.730. The third-order valence-electron chi connectivity index (χ3n) is 2.98. The van der Waals surface area contributed by atoms with Gasteiger partial charge < -0.3 is 5.21 Å². The Morgan fingerprint density at radius 3 is 2.21 bits per heavy atom. The van der Waals surface area contributed by atoms with Crippen LogP contribution >= 0.6 is 0 Å². The molecule has 0 aliphatic heterocycles. The lowest BCUT2D eigenvalue weighted by atomic mass is 10.3. The number of nitrogens with zero attached hydrogens (tertiary/aromatic N) is 1. The first-order chi connectivity index (χ1) is 9.10. The molecule has 3 aromatic rings. The maximum Gasteiger partial charge on any atom is 0.225 e. The van der Waals surface area contributed by atoms with Gasteiger partial charge in [0.15, 0.2) is 5.03 Å². The van der Waals surface area contributed by atoms with Crippen LogP contribution in [0.15, 0.2) is 70.6 Å². The van der Waals surface area contributed by atoms with Gasteiger partial charge in [-0.1, -0.05) is 36.4 Å². The van der Waals surface area contributed by atoms with Gasteiger partial charge in [-0.15, -0.1) is 0 Å². The van der Waals surface area contributed by atoms with Crippen molar-refractivity contribution in [1.82, 2.24) is 4.73 Å². The molecule has 1 aromatic heterocycles. The normalized spacial score (nSPS) is 11.8. The first-order valence-corrected chi connectivity index (χ1v) is 7.19. The van der Waals surface area contributed by atoms with Crippen LogP contribution in [0.4, 0.5) is 0 Å². The fourth-order valence-corrected chi connectivity index (χ4v) is 3.39. The number of aromatic nitrogens is 1. The summed E-state index contributed by atoms with van der Waals surface area (Å²) in [5, 5.41) is 10.6. The molecule has 0 bridgehead atoms. The Bertz CT molecular complexity index is 836. The molecule has 0 spiro atoms. The minimum atomic E-state index is -3.72. The number of fused-ring (bicyclic) bond motifs is 1. The summed E-state index contributed by atoms with van der Waals surface area (Å²) in [6.07, 6.45) is 0. The van der Waals surface area contributed by atoms with E-state index in [1.54, 1.807) is 42.5 Å². The lowest BCUT2D eigenvalue weighted by Crippen LogP contribution is -2.07. The lowest BCUT2D eigenvalue weighted by molar-refractivity contribution is 0.174. The van der Waals surface area contributed by atoms with E-state index in [1.165, 1.54) is 18.2 Å². The summed E-state index contributed by atoms with van der Waals surface area (Å²) in [5.41, 5.74) is 0.469. The molecule has 0 saturated heterocycles. The van der Waals surface area contributed by atoms with Crippen LogP contribution in [0.5, 0.6) is 0 Å². The molecule has 96 valence electrons. The molecule has 0 aliphatic rings. The summed E-state index contributed by atoms with van der Waals surface area (Å²) in [5.74, 6) is 0. The molecule has 0 amide bonds. The third-order valence-corrected chi connectivity index (χ3v) is 4.72. The largest absolute Gasteiger partial charge is 0.427 e. The van der Waals surface area contributed by atoms with Crippen molar-refractivity contribution in [3.8, 4) is 0 Å². The van der Waals surface area contributed by atoms with Gasteiger partial charge >= 0.3 is 0 Å². The van der Waals surface area contributed by atoms with E-state index in [1.807, 2.05) is 0 Å². The Labute approximate surface area is 110 Å². The predicted octanol–water partition coefficient (Wildman–Crippen LogP) is 2.71. The second kappa shape index (κ2) is 4.13. The summed E-state index contributed by atoms with van der Waals surface area (Å²) < 4.78 is 25.6. The van der Waals surface area contributed by atoms with E-state index in [0.29, 0.717) is 10.9 Å². The average molecular weight is 273 g/mol. The van der Waals surface area contributed by atoms with Crippen molar-refractivity contribution in [2.45, 2.75) is 9.92 Å². The van der Waals surface area contributed by atoms with Crippen molar-refractivity contribution < 1.29 is 13.6 Å². The third kappa shape index (κ3) is 1.79. The van der Waals surface area contributed by atoms with E-state index in [0.717, 1.165) is 4.73 Å². The van der Waals surface area contributed by atoms with E-state index in [-0.39, 0.29) is 9.92 Å². The highest BCUT2D eigenvalue weighted by atomic mass is 32.2. The van der Waals surface area contributed by atoms with Crippen LogP contribution in [0.25, 0.3) is 10.9 Å². The Morgan fingerprint density at radius 1 is 0.895 bits per heavy atom. The SMILES string of the molecule is O=S(=O)(c1ccccc1)c1cc2ccccc2n1O. The molecule has 1 heterocycles. The van der Waals surface area contributed by atoms with Gasteiger partial charge in [0.1, 0.15) is 0 Å². The maximum absolute atomic E-state index is 12.4. The molecular weight excluding hydrogens is 262 g/mol. The molecule has 0 atom stereocenters. The van der Waals surface area contributed by atoms with Crippen molar-refractivity contribution in [3.05, 3.63) is 60.7 Å². The van der Waals surface area contributed by atoms with Crippen LogP contribution in [0, 0.1) is 0 Å². The van der Waals surface area contributed by atoms with Gasteiger partial charge in [0.25, 0.3) is 0 Å². The summed E-state index contributed by atoms with van der Waals surface area (Å²) in [6, 6.07) is 16.5. The second-order valence-electron chi connectivity index (χ2n) is 4.17. The Morgan fingerprint density at radius 2 is 1.53 bits per heavy atom. The minimum absolute atomic E-state index is 0.125. The fraction of sp³-hybridized carbons (Fsp3) is 0. The van der Waals surface area contributed by atoms with Crippen molar-refractivity contribution >= 4 is 20.7 Å². The van der Waals surface area contributed by atoms with E-state index >= 15 is 0 Å². The second-order valence-corrected chi connectivity index (χ2v) is 6.07. The topological polar surface area (TPSA) is 59.3 Å². The highest BCUT2D eigenvalue weighted by Gasteiger charge is 2.23. The van der Waals surface area contributed by atoms with Crippen molar-refractivity contribution in [2.75, 3.05) is 0 Å². The molecule has 0 fully saturated rings. The Balaban J connectivity index is 2.28. The number of rotatable bonds is 2. The number of hydrogen-bond donors (Lipinski definition) is 1. The summed E-state index contributed by atoms with van der Waals surface area (Å²) in [7, 11) is -3.72. The molecular formula is C14H11NO3S. The molecule has 19 heavy (non-hydrogen) atoms. The van der Waals surface area contributed by atoms with Gasteiger partial charge in [-0.25, -0.2) is 8.42 Å². The highest BCUT2D eigenvalue weighted by molar-refractivity contribution is 7.91. The molecule has 0 aliphatic carbocycles. The predicted molar refractivity (Wildman–Crippen MR) is 71.0 cm³/mol. The van der Waals surface area contributed by atoms with E-state index in [4.69, 9.17) is 0 Å². The summed E-state index contributed by atoms with van der Waals surface area (Å²) in [6.45, 7) is 0.